The van der Waals surface area contributed by atoms with E-state index < -0.39 is 12.0 Å². The Morgan fingerprint density at radius 2 is 2.00 bits per heavy atom. The van der Waals surface area contributed by atoms with E-state index in [4.69, 9.17) is 28.3 Å². The van der Waals surface area contributed by atoms with Crippen LogP contribution in [0.4, 0.5) is 0 Å². The minimum absolute atomic E-state index is 0.271. The highest BCUT2D eigenvalue weighted by molar-refractivity contribution is 6.42. The van der Waals surface area contributed by atoms with Crippen LogP contribution in [0.1, 0.15) is 19.4 Å². The molecule has 1 heterocycles. The van der Waals surface area contributed by atoms with Crippen LogP contribution in [-0.4, -0.2) is 15.6 Å². The van der Waals surface area contributed by atoms with Gasteiger partial charge in [-0.1, -0.05) is 30.1 Å². The van der Waals surface area contributed by atoms with Gasteiger partial charge in [-0.25, -0.2) is 4.79 Å². The average molecular weight is 300 g/mol. The maximum absolute atomic E-state index is 12.3. The van der Waals surface area contributed by atoms with Crippen molar-refractivity contribution < 1.29 is 9.90 Å². The van der Waals surface area contributed by atoms with Crippen molar-refractivity contribution in [2.45, 2.75) is 19.4 Å². The molecule has 0 saturated carbocycles. The summed E-state index contributed by atoms with van der Waals surface area (Å²) in [4.78, 5) is 23.4. The Morgan fingerprint density at radius 3 is 2.58 bits per heavy atom. The average Bonchev–Trinajstić information content (AvgIpc) is 2.35. The molecule has 2 aromatic rings. The Morgan fingerprint density at radius 1 is 1.37 bits per heavy atom. The molecule has 0 spiro atoms. The van der Waals surface area contributed by atoms with Gasteiger partial charge in [-0.05, 0) is 30.0 Å². The van der Waals surface area contributed by atoms with Crippen LogP contribution in [0.3, 0.4) is 0 Å². The molecular weight excluding hydrogens is 289 g/mol. The Bertz CT molecular complexity index is 709. The molecule has 1 N–H and O–H groups in total. The molecule has 0 aliphatic rings. The van der Waals surface area contributed by atoms with Crippen LogP contribution in [0.2, 0.25) is 10.0 Å². The highest BCUT2D eigenvalue weighted by atomic mass is 35.5. The predicted octanol–water partition coefficient (Wildman–Crippen LogP) is 3.34. The largest absolute Gasteiger partial charge is 0.480 e. The number of carboxylic acid groups (broad SMARTS) is 1. The summed E-state index contributed by atoms with van der Waals surface area (Å²) >= 11 is 11.8. The van der Waals surface area contributed by atoms with Crippen LogP contribution in [0, 0.1) is 0 Å². The van der Waals surface area contributed by atoms with E-state index in [0.717, 1.165) is 0 Å². The maximum atomic E-state index is 12.3. The third-order valence-corrected chi connectivity index (χ3v) is 3.70. The van der Waals surface area contributed by atoms with Crippen molar-refractivity contribution in [3.05, 3.63) is 44.8 Å². The Balaban J connectivity index is 2.73. The number of hydrogen-bond donors (Lipinski definition) is 1. The lowest BCUT2D eigenvalue weighted by atomic mass is 10.1. The van der Waals surface area contributed by atoms with Gasteiger partial charge in [0.05, 0.1) is 10.0 Å². The smallest absolute Gasteiger partial charge is 0.326 e. The third-order valence-electron chi connectivity index (χ3n) is 2.98. The van der Waals surface area contributed by atoms with Crippen molar-refractivity contribution in [1.29, 1.82) is 0 Å². The van der Waals surface area contributed by atoms with Crippen LogP contribution in [0.5, 0.6) is 0 Å². The van der Waals surface area contributed by atoms with Crippen LogP contribution >= 0.6 is 23.2 Å². The van der Waals surface area contributed by atoms with E-state index in [1.54, 1.807) is 19.1 Å². The molecule has 0 amide bonds. The van der Waals surface area contributed by atoms with E-state index >= 15 is 0 Å². The van der Waals surface area contributed by atoms with Crippen molar-refractivity contribution in [1.82, 2.24) is 4.57 Å². The fraction of sp³-hybridized carbons (Fsp3) is 0.231. The number of aromatic nitrogens is 1. The van der Waals surface area contributed by atoms with Gasteiger partial charge in [-0.2, -0.15) is 0 Å². The summed E-state index contributed by atoms with van der Waals surface area (Å²) in [6, 6.07) is 3.83. The summed E-state index contributed by atoms with van der Waals surface area (Å²) in [5.74, 6) is -1.04. The number of rotatable bonds is 3. The monoisotopic (exact) mass is 299 g/mol. The molecule has 0 fully saturated rings. The molecule has 0 aliphatic carbocycles. The number of halogens is 2. The van der Waals surface area contributed by atoms with E-state index in [2.05, 4.69) is 0 Å². The molecule has 2 rings (SSSR count). The van der Waals surface area contributed by atoms with E-state index in [0.29, 0.717) is 22.2 Å². The first-order valence-corrected chi connectivity index (χ1v) is 6.44. The van der Waals surface area contributed by atoms with Crippen LogP contribution in [0.15, 0.2) is 29.2 Å². The molecule has 4 nitrogen and oxygen atoms in total. The van der Waals surface area contributed by atoms with Gasteiger partial charge in [0, 0.05) is 11.6 Å². The molecule has 1 aromatic heterocycles. The standard InChI is InChI=1S/C13H11Cl2NO3/c1-2-11(13(18)19)16-4-3-7-5-9(14)10(15)6-8(7)12(16)17/h3-6,11H,2H2,1H3,(H,18,19)/t11-/m0/s1. The molecule has 1 atom stereocenters. The number of carbonyl (C=O) groups is 1. The normalized spacial score (nSPS) is 12.6. The van der Waals surface area contributed by atoms with Crippen LogP contribution < -0.4 is 5.56 Å². The number of pyridine rings is 1. The van der Waals surface area contributed by atoms with E-state index in [9.17, 15) is 9.59 Å². The molecular formula is C13H11Cl2NO3. The summed E-state index contributed by atoms with van der Waals surface area (Å²) in [6.07, 6.45) is 1.79. The number of aliphatic carboxylic acids is 1. The van der Waals surface area contributed by atoms with Gasteiger partial charge in [-0.3, -0.25) is 4.79 Å². The lowest BCUT2D eigenvalue weighted by molar-refractivity contribution is -0.141. The number of carboxylic acids is 1. The first kappa shape index (κ1) is 13.9. The number of benzene rings is 1. The lowest BCUT2D eigenvalue weighted by Gasteiger charge is -2.14. The molecule has 1 aromatic carbocycles. The van der Waals surface area contributed by atoms with Crippen LogP contribution in [0.25, 0.3) is 10.8 Å². The van der Waals surface area contributed by atoms with Gasteiger partial charge < -0.3 is 9.67 Å². The summed E-state index contributed by atoms with van der Waals surface area (Å²) in [7, 11) is 0. The zero-order chi connectivity index (χ0) is 14.2. The highest BCUT2D eigenvalue weighted by Crippen LogP contribution is 2.26. The third kappa shape index (κ3) is 2.46. The second-order valence-corrected chi connectivity index (χ2v) is 4.96. The van der Waals surface area contributed by atoms with Gasteiger partial charge in [0.25, 0.3) is 5.56 Å². The number of nitrogens with zero attached hydrogens (tertiary/aromatic N) is 1. The topological polar surface area (TPSA) is 59.3 Å². The number of fused-ring (bicyclic) bond motifs is 1. The molecule has 100 valence electrons. The van der Waals surface area contributed by atoms with Gasteiger partial charge in [0.1, 0.15) is 6.04 Å². The van der Waals surface area contributed by atoms with Gasteiger partial charge >= 0.3 is 5.97 Å². The fourth-order valence-electron chi connectivity index (χ4n) is 1.99. The summed E-state index contributed by atoms with van der Waals surface area (Å²) in [5.41, 5.74) is -0.384. The van der Waals surface area contributed by atoms with Crippen molar-refractivity contribution >= 4 is 39.9 Å². The maximum Gasteiger partial charge on any atom is 0.326 e. The molecule has 0 saturated heterocycles. The minimum atomic E-state index is -1.04. The molecule has 0 bridgehead atoms. The van der Waals surface area contributed by atoms with E-state index in [1.165, 1.54) is 16.8 Å². The van der Waals surface area contributed by atoms with Gasteiger partial charge in [-0.15, -0.1) is 0 Å². The highest BCUT2D eigenvalue weighted by Gasteiger charge is 2.19. The summed E-state index contributed by atoms with van der Waals surface area (Å²) < 4.78 is 1.20. The van der Waals surface area contributed by atoms with Crippen LogP contribution in [-0.2, 0) is 4.79 Å². The van der Waals surface area contributed by atoms with Crippen molar-refractivity contribution in [2.75, 3.05) is 0 Å². The first-order valence-electron chi connectivity index (χ1n) is 5.68. The second-order valence-electron chi connectivity index (χ2n) is 4.14. The Labute approximate surface area is 119 Å². The number of hydrogen-bond acceptors (Lipinski definition) is 2. The Kier molecular flexibility index (Phi) is 3.83. The zero-order valence-corrected chi connectivity index (χ0v) is 11.6. The molecule has 6 heteroatoms. The fourth-order valence-corrected chi connectivity index (χ4v) is 2.32. The summed E-state index contributed by atoms with van der Waals surface area (Å²) in [6.45, 7) is 1.71. The van der Waals surface area contributed by atoms with E-state index in [1.807, 2.05) is 0 Å². The first-order chi connectivity index (χ1) is 8.95. The molecule has 0 aliphatic heterocycles. The Hall–Kier alpha value is -1.52. The zero-order valence-electron chi connectivity index (χ0n) is 10.1. The lowest BCUT2D eigenvalue weighted by Crippen LogP contribution is -2.29. The molecule has 19 heavy (non-hydrogen) atoms. The predicted molar refractivity (Wildman–Crippen MR) is 75.2 cm³/mol. The quantitative estimate of drug-likeness (QED) is 0.945. The van der Waals surface area contributed by atoms with Gasteiger partial charge in [0.2, 0.25) is 0 Å². The van der Waals surface area contributed by atoms with Crippen molar-refractivity contribution in [3.8, 4) is 0 Å². The minimum Gasteiger partial charge on any atom is -0.480 e. The molecule has 0 radical (unpaired) electrons. The van der Waals surface area contributed by atoms with Crippen molar-refractivity contribution in [3.63, 3.8) is 0 Å². The second kappa shape index (κ2) is 5.23. The van der Waals surface area contributed by atoms with Crippen molar-refractivity contribution in [2.24, 2.45) is 0 Å². The molecule has 0 unspecified atom stereocenters. The summed E-state index contributed by atoms with van der Waals surface area (Å²) in [5, 5.41) is 10.7. The van der Waals surface area contributed by atoms with Gasteiger partial charge in [0.15, 0.2) is 0 Å². The SMILES string of the molecule is CC[C@@H](C(=O)O)n1ccc2cc(Cl)c(Cl)cc2c1=O. The van der Waals surface area contributed by atoms with E-state index in [-0.39, 0.29) is 10.6 Å².